The summed E-state index contributed by atoms with van der Waals surface area (Å²) in [5.74, 6) is 2.07. The number of rotatable bonds is 9. The molecule has 0 aliphatic carbocycles. The van der Waals surface area contributed by atoms with Gasteiger partial charge in [0.1, 0.15) is 15.8 Å². The molecular formula is C23H25NO3S2. The third-order valence-electron chi connectivity index (χ3n) is 4.69. The Bertz CT molecular complexity index is 893. The third kappa shape index (κ3) is 6.34. The summed E-state index contributed by atoms with van der Waals surface area (Å²) in [4.78, 5) is 12.4. The monoisotopic (exact) mass is 427 g/mol. The number of thioether (sulfide) groups is 1. The molecule has 1 heterocycles. The van der Waals surface area contributed by atoms with Crippen LogP contribution in [0.1, 0.15) is 43.7 Å². The van der Waals surface area contributed by atoms with E-state index < -0.39 is 0 Å². The van der Waals surface area contributed by atoms with Crippen LogP contribution in [0.4, 0.5) is 0 Å². The number of carbonyl (C=O) groups excluding carboxylic acids is 1. The van der Waals surface area contributed by atoms with Gasteiger partial charge in [0, 0.05) is 6.42 Å². The SMILES string of the molecule is CCC(C)c1ccc(OCCCOc2cccc(C=C3SC(=S)NC3=O)c2)cc1. The third-order valence-corrected chi connectivity index (χ3v) is 5.85. The van der Waals surface area contributed by atoms with Crippen LogP contribution in [-0.4, -0.2) is 23.4 Å². The van der Waals surface area contributed by atoms with Crippen molar-refractivity contribution in [2.75, 3.05) is 13.2 Å². The summed E-state index contributed by atoms with van der Waals surface area (Å²) in [5.41, 5.74) is 2.25. The van der Waals surface area contributed by atoms with Gasteiger partial charge in [0.2, 0.25) is 0 Å². The van der Waals surface area contributed by atoms with Crippen molar-refractivity contribution in [3.05, 3.63) is 64.6 Å². The Labute approximate surface area is 181 Å². The summed E-state index contributed by atoms with van der Waals surface area (Å²) in [6.45, 7) is 5.58. The number of nitrogens with one attached hydrogen (secondary N) is 1. The molecule has 1 atom stereocenters. The molecule has 4 nitrogen and oxygen atoms in total. The van der Waals surface area contributed by atoms with Gasteiger partial charge in [-0.2, -0.15) is 0 Å². The molecule has 0 aromatic heterocycles. The molecule has 29 heavy (non-hydrogen) atoms. The highest BCUT2D eigenvalue weighted by Crippen LogP contribution is 2.27. The van der Waals surface area contributed by atoms with Gasteiger partial charge in [-0.05, 0) is 53.8 Å². The van der Waals surface area contributed by atoms with E-state index in [9.17, 15) is 4.79 Å². The summed E-state index contributed by atoms with van der Waals surface area (Å²) < 4.78 is 12.1. The van der Waals surface area contributed by atoms with Crippen LogP contribution in [0.25, 0.3) is 6.08 Å². The summed E-state index contributed by atoms with van der Waals surface area (Å²) in [6.07, 6.45) is 3.73. The Morgan fingerprint density at radius 2 is 1.83 bits per heavy atom. The fourth-order valence-corrected chi connectivity index (χ4v) is 3.88. The van der Waals surface area contributed by atoms with E-state index in [1.807, 2.05) is 42.5 Å². The lowest BCUT2D eigenvalue weighted by molar-refractivity contribution is -0.115. The fourth-order valence-electron chi connectivity index (χ4n) is 2.83. The lowest BCUT2D eigenvalue weighted by atomic mass is 9.99. The number of benzene rings is 2. The maximum Gasteiger partial charge on any atom is 0.263 e. The minimum Gasteiger partial charge on any atom is -0.493 e. The van der Waals surface area contributed by atoms with Gasteiger partial charge in [0.15, 0.2) is 0 Å². The van der Waals surface area contributed by atoms with Crippen LogP contribution in [0.2, 0.25) is 0 Å². The van der Waals surface area contributed by atoms with Gasteiger partial charge in [0.25, 0.3) is 5.91 Å². The van der Waals surface area contributed by atoms with E-state index in [-0.39, 0.29) is 5.91 Å². The Morgan fingerprint density at radius 3 is 2.48 bits per heavy atom. The number of hydrogen-bond acceptors (Lipinski definition) is 5. The Balaban J connectivity index is 1.43. The van der Waals surface area contributed by atoms with Gasteiger partial charge in [-0.15, -0.1) is 0 Å². The minimum atomic E-state index is -0.152. The first kappa shape index (κ1) is 21.4. The highest BCUT2D eigenvalue weighted by atomic mass is 32.2. The van der Waals surface area contributed by atoms with Crippen molar-refractivity contribution in [3.8, 4) is 11.5 Å². The van der Waals surface area contributed by atoms with Crippen molar-refractivity contribution < 1.29 is 14.3 Å². The molecule has 1 amide bonds. The van der Waals surface area contributed by atoms with Crippen molar-refractivity contribution in [3.63, 3.8) is 0 Å². The first-order valence-corrected chi connectivity index (χ1v) is 11.0. The molecule has 2 aromatic carbocycles. The first-order valence-electron chi connectivity index (χ1n) is 9.75. The summed E-state index contributed by atoms with van der Waals surface area (Å²) in [7, 11) is 0. The standard InChI is InChI=1S/C23H25NO3S2/c1-3-16(2)18-8-10-19(11-9-18)26-12-5-13-27-20-7-4-6-17(14-20)15-21-22(25)24-23(28)29-21/h4,6-11,14-16H,3,5,12-13H2,1-2H3,(H,24,25,28). The van der Waals surface area contributed by atoms with Crippen LogP contribution in [-0.2, 0) is 4.79 Å². The molecular weight excluding hydrogens is 402 g/mol. The Morgan fingerprint density at radius 1 is 1.10 bits per heavy atom. The second-order valence-electron chi connectivity index (χ2n) is 6.85. The van der Waals surface area contributed by atoms with E-state index in [2.05, 4.69) is 31.3 Å². The number of amides is 1. The molecule has 1 fully saturated rings. The summed E-state index contributed by atoms with van der Waals surface area (Å²) >= 11 is 6.28. The van der Waals surface area contributed by atoms with E-state index in [1.54, 1.807) is 0 Å². The van der Waals surface area contributed by atoms with Gasteiger partial charge < -0.3 is 14.8 Å². The average Bonchev–Trinajstić information content (AvgIpc) is 3.04. The molecule has 1 aliphatic heterocycles. The Hall–Kier alpha value is -2.31. The lowest BCUT2D eigenvalue weighted by Gasteiger charge is -2.11. The summed E-state index contributed by atoms with van der Waals surface area (Å²) in [5, 5.41) is 2.62. The smallest absolute Gasteiger partial charge is 0.263 e. The largest absolute Gasteiger partial charge is 0.493 e. The Kier molecular flexibility index (Phi) is 7.72. The van der Waals surface area contributed by atoms with E-state index in [1.165, 1.54) is 17.3 Å². The molecule has 0 bridgehead atoms. The molecule has 1 N–H and O–H groups in total. The molecule has 0 spiro atoms. The van der Waals surface area contributed by atoms with E-state index in [4.69, 9.17) is 21.7 Å². The molecule has 2 aromatic rings. The quantitative estimate of drug-likeness (QED) is 0.324. The topological polar surface area (TPSA) is 47.6 Å². The molecule has 152 valence electrons. The average molecular weight is 428 g/mol. The van der Waals surface area contributed by atoms with Crippen molar-refractivity contribution in [1.29, 1.82) is 0 Å². The van der Waals surface area contributed by atoms with Gasteiger partial charge in [-0.25, -0.2) is 0 Å². The zero-order valence-electron chi connectivity index (χ0n) is 16.6. The van der Waals surface area contributed by atoms with Gasteiger partial charge in [-0.3, -0.25) is 4.79 Å². The van der Waals surface area contributed by atoms with Crippen LogP contribution >= 0.6 is 24.0 Å². The molecule has 1 unspecified atom stereocenters. The second-order valence-corrected chi connectivity index (χ2v) is 8.57. The summed E-state index contributed by atoms with van der Waals surface area (Å²) in [6, 6.07) is 16.0. The number of carbonyl (C=O) groups is 1. The van der Waals surface area contributed by atoms with E-state index in [0.717, 1.165) is 29.9 Å². The van der Waals surface area contributed by atoms with Crippen LogP contribution in [0.15, 0.2) is 53.4 Å². The predicted octanol–water partition coefficient (Wildman–Crippen LogP) is 5.54. The molecule has 0 saturated carbocycles. The van der Waals surface area contributed by atoms with Crippen molar-refractivity contribution in [1.82, 2.24) is 5.32 Å². The van der Waals surface area contributed by atoms with Crippen molar-refractivity contribution in [2.24, 2.45) is 0 Å². The zero-order valence-corrected chi connectivity index (χ0v) is 18.3. The fraction of sp³-hybridized carbons (Fsp3) is 0.304. The molecule has 6 heteroatoms. The molecule has 1 aliphatic rings. The predicted molar refractivity (Wildman–Crippen MR) is 124 cm³/mol. The zero-order chi connectivity index (χ0) is 20.6. The number of ether oxygens (including phenoxy) is 2. The van der Waals surface area contributed by atoms with Crippen LogP contribution < -0.4 is 14.8 Å². The maximum absolute atomic E-state index is 11.8. The highest BCUT2D eigenvalue weighted by molar-refractivity contribution is 8.26. The molecule has 0 radical (unpaired) electrons. The van der Waals surface area contributed by atoms with Gasteiger partial charge >= 0.3 is 0 Å². The highest BCUT2D eigenvalue weighted by Gasteiger charge is 2.21. The van der Waals surface area contributed by atoms with Crippen molar-refractivity contribution in [2.45, 2.75) is 32.6 Å². The maximum atomic E-state index is 11.8. The van der Waals surface area contributed by atoms with Crippen molar-refractivity contribution >= 4 is 40.3 Å². The normalized spacial score (nSPS) is 16.0. The first-order chi connectivity index (χ1) is 14.0. The number of thiocarbonyl (C=S) groups is 1. The lowest BCUT2D eigenvalue weighted by Crippen LogP contribution is -2.17. The van der Waals surface area contributed by atoms with Gasteiger partial charge in [0.05, 0.1) is 18.1 Å². The van der Waals surface area contributed by atoms with E-state index >= 15 is 0 Å². The molecule has 1 saturated heterocycles. The molecule has 3 rings (SSSR count). The number of hydrogen-bond donors (Lipinski definition) is 1. The minimum absolute atomic E-state index is 0.152. The van der Waals surface area contributed by atoms with Crippen LogP contribution in [0, 0.1) is 0 Å². The van der Waals surface area contributed by atoms with Crippen LogP contribution in [0.3, 0.4) is 0 Å². The second kappa shape index (κ2) is 10.5. The van der Waals surface area contributed by atoms with E-state index in [0.29, 0.717) is 28.4 Å². The van der Waals surface area contributed by atoms with Gasteiger partial charge in [-0.1, -0.05) is 62.1 Å². The van der Waals surface area contributed by atoms with Crippen LogP contribution in [0.5, 0.6) is 11.5 Å².